The first-order valence-corrected chi connectivity index (χ1v) is 5.63. The lowest BCUT2D eigenvalue weighted by atomic mass is 10.2. The summed E-state index contributed by atoms with van der Waals surface area (Å²) in [6, 6.07) is 6.09. The van der Waals surface area contributed by atoms with Gasteiger partial charge >= 0.3 is 0 Å². The average molecular weight is 209 g/mol. The molecule has 0 aliphatic carbocycles. The van der Waals surface area contributed by atoms with Crippen molar-refractivity contribution in [1.29, 1.82) is 0 Å². The number of benzene rings is 1. The van der Waals surface area contributed by atoms with E-state index in [0.717, 1.165) is 16.2 Å². The van der Waals surface area contributed by atoms with Crippen LogP contribution < -0.4 is 10.5 Å². The number of nitrogens with two attached hydrogens (primary N) is 1. The highest BCUT2D eigenvalue weighted by molar-refractivity contribution is 7.98. The van der Waals surface area contributed by atoms with Crippen molar-refractivity contribution < 1.29 is 4.74 Å². The van der Waals surface area contributed by atoms with Gasteiger partial charge in [-0.05, 0) is 24.0 Å². The summed E-state index contributed by atoms with van der Waals surface area (Å²) in [6.07, 6.45) is 5.99. The summed E-state index contributed by atoms with van der Waals surface area (Å²) >= 11 is 1.68. The number of rotatable bonds is 4. The van der Waals surface area contributed by atoms with Gasteiger partial charge in [-0.15, -0.1) is 11.8 Å². The molecule has 0 aliphatic rings. The summed E-state index contributed by atoms with van der Waals surface area (Å²) in [5, 5.41) is 0. The molecule has 2 nitrogen and oxygen atoms in total. The predicted octanol–water partition coefficient (Wildman–Crippen LogP) is 2.39. The molecule has 0 spiro atoms. The Morgan fingerprint density at radius 1 is 1.50 bits per heavy atom. The molecule has 14 heavy (non-hydrogen) atoms. The molecule has 3 heteroatoms. The second kappa shape index (κ2) is 5.73. The first-order chi connectivity index (χ1) is 6.81. The fourth-order valence-electron chi connectivity index (χ4n) is 1.16. The molecule has 0 amide bonds. The maximum absolute atomic E-state index is 5.39. The fourth-order valence-corrected chi connectivity index (χ4v) is 1.77. The van der Waals surface area contributed by atoms with E-state index < -0.39 is 0 Å². The molecule has 0 aliphatic heterocycles. The Hall–Kier alpha value is -0.930. The largest absolute Gasteiger partial charge is 0.496 e. The average Bonchev–Trinajstić information content (AvgIpc) is 2.25. The van der Waals surface area contributed by atoms with E-state index in [1.807, 2.05) is 30.5 Å². The minimum absolute atomic E-state index is 0.570. The topological polar surface area (TPSA) is 35.2 Å². The van der Waals surface area contributed by atoms with Crippen molar-refractivity contribution in [2.75, 3.05) is 19.9 Å². The zero-order chi connectivity index (χ0) is 10.4. The summed E-state index contributed by atoms with van der Waals surface area (Å²) in [4.78, 5) is 1.15. The molecule has 0 unspecified atom stereocenters. The minimum Gasteiger partial charge on any atom is -0.496 e. The van der Waals surface area contributed by atoms with Crippen molar-refractivity contribution in [2.45, 2.75) is 4.90 Å². The Labute approximate surface area is 89.1 Å². The van der Waals surface area contributed by atoms with Crippen molar-refractivity contribution in [1.82, 2.24) is 0 Å². The van der Waals surface area contributed by atoms with Crippen LogP contribution in [-0.2, 0) is 0 Å². The predicted molar refractivity (Wildman–Crippen MR) is 62.9 cm³/mol. The molecule has 0 fully saturated rings. The zero-order valence-electron chi connectivity index (χ0n) is 8.49. The van der Waals surface area contributed by atoms with Crippen LogP contribution in [0.1, 0.15) is 5.56 Å². The van der Waals surface area contributed by atoms with Crippen molar-refractivity contribution in [2.24, 2.45) is 5.73 Å². The van der Waals surface area contributed by atoms with Gasteiger partial charge in [0.15, 0.2) is 0 Å². The van der Waals surface area contributed by atoms with Gasteiger partial charge in [-0.25, -0.2) is 0 Å². The Balaban J connectivity index is 2.95. The maximum atomic E-state index is 5.39. The Morgan fingerprint density at radius 3 is 2.86 bits per heavy atom. The molecule has 76 valence electrons. The van der Waals surface area contributed by atoms with Crippen LogP contribution in [0.3, 0.4) is 0 Å². The van der Waals surface area contributed by atoms with Crippen LogP contribution in [0.15, 0.2) is 29.2 Å². The highest BCUT2D eigenvalue weighted by Gasteiger charge is 2.00. The summed E-state index contributed by atoms with van der Waals surface area (Å²) in [5.74, 6) is 0.919. The molecule has 0 aromatic heterocycles. The Bertz CT molecular complexity index is 323. The fraction of sp³-hybridized carbons (Fsp3) is 0.273. The monoisotopic (exact) mass is 209 g/mol. The summed E-state index contributed by atoms with van der Waals surface area (Å²) in [6.45, 7) is 0.570. The summed E-state index contributed by atoms with van der Waals surface area (Å²) in [5.41, 5.74) is 6.54. The Kier molecular flexibility index (Phi) is 4.56. The molecule has 0 saturated heterocycles. The number of methoxy groups -OCH3 is 1. The quantitative estimate of drug-likeness (QED) is 0.773. The number of hydrogen-bond donors (Lipinski definition) is 1. The standard InChI is InChI=1S/C11H15NOS/c1-13-10-6-5-9(4-3-7-12)8-11(10)14-2/h3-6,8H,7,12H2,1-2H3/b4-3+. The van der Waals surface area contributed by atoms with E-state index in [-0.39, 0.29) is 0 Å². The van der Waals surface area contributed by atoms with E-state index in [0.29, 0.717) is 6.54 Å². The highest BCUT2D eigenvalue weighted by Crippen LogP contribution is 2.28. The van der Waals surface area contributed by atoms with Crippen LogP contribution in [-0.4, -0.2) is 19.9 Å². The van der Waals surface area contributed by atoms with E-state index in [1.54, 1.807) is 18.9 Å². The molecule has 1 aromatic rings. The van der Waals surface area contributed by atoms with Crippen LogP contribution in [0.25, 0.3) is 6.08 Å². The molecule has 0 atom stereocenters. The van der Waals surface area contributed by atoms with Gasteiger partial charge < -0.3 is 10.5 Å². The van der Waals surface area contributed by atoms with Crippen molar-refractivity contribution in [3.05, 3.63) is 29.8 Å². The molecular formula is C11H15NOS. The van der Waals surface area contributed by atoms with E-state index in [9.17, 15) is 0 Å². The molecule has 1 rings (SSSR count). The smallest absolute Gasteiger partial charge is 0.132 e. The van der Waals surface area contributed by atoms with Crippen LogP contribution >= 0.6 is 11.8 Å². The third kappa shape index (κ3) is 2.79. The molecule has 1 aromatic carbocycles. The SMILES string of the molecule is COc1ccc(/C=C/CN)cc1SC. The maximum Gasteiger partial charge on any atom is 0.132 e. The van der Waals surface area contributed by atoms with Gasteiger partial charge in [0.2, 0.25) is 0 Å². The first-order valence-electron chi connectivity index (χ1n) is 4.40. The summed E-state index contributed by atoms with van der Waals surface area (Å²) < 4.78 is 5.23. The van der Waals surface area contributed by atoms with Crippen LogP contribution in [0.2, 0.25) is 0 Å². The molecular weight excluding hydrogens is 194 g/mol. The molecule has 2 N–H and O–H groups in total. The van der Waals surface area contributed by atoms with E-state index in [4.69, 9.17) is 10.5 Å². The van der Waals surface area contributed by atoms with Crippen LogP contribution in [0.5, 0.6) is 5.75 Å². The van der Waals surface area contributed by atoms with Crippen molar-refractivity contribution in [3.63, 3.8) is 0 Å². The number of hydrogen-bond acceptors (Lipinski definition) is 3. The van der Waals surface area contributed by atoms with Crippen LogP contribution in [0, 0.1) is 0 Å². The van der Waals surface area contributed by atoms with Gasteiger partial charge in [0, 0.05) is 11.4 Å². The van der Waals surface area contributed by atoms with Gasteiger partial charge in [0.05, 0.1) is 7.11 Å². The number of thioether (sulfide) groups is 1. The lowest BCUT2D eigenvalue weighted by molar-refractivity contribution is 0.405. The number of ether oxygens (including phenoxy) is 1. The van der Waals surface area contributed by atoms with Crippen molar-refractivity contribution in [3.8, 4) is 5.75 Å². The second-order valence-corrected chi connectivity index (χ2v) is 3.60. The van der Waals surface area contributed by atoms with Crippen molar-refractivity contribution >= 4 is 17.8 Å². The van der Waals surface area contributed by atoms with E-state index >= 15 is 0 Å². The van der Waals surface area contributed by atoms with Gasteiger partial charge in [-0.2, -0.15) is 0 Å². The first kappa shape index (κ1) is 11.1. The minimum atomic E-state index is 0.570. The third-order valence-corrected chi connectivity index (χ3v) is 2.61. The summed E-state index contributed by atoms with van der Waals surface area (Å²) in [7, 11) is 1.68. The van der Waals surface area contributed by atoms with Gasteiger partial charge in [0.25, 0.3) is 0 Å². The van der Waals surface area contributed by atoms with Gasteiger partial charge in [-0.1, -0.05) is 18.2 Å². The highest BCUT2D eigenvalue weighted by atomic mass is 32.2. The van der Waals surface area contributed by atoms with E-state index in [2.05, 4.69) is 6.07 Å². The molecule has 0 radical (unpaired) electrons. The zero-order valence-corrected chi connectivity index (χ0v) is 9.30. The molecule has 0 saturated carbocycles. The third-order valence-electron chi connectivity index (χ3n) is 1.85. The van der Waals surface area contributed by atoms with Gasteiger partial charge in [-0.3, -0.25) is 0 Å². The van der Waals surface area contributed by atoms with Crippen LogP contribution in [0.4, 0.5) is 0 Å². The normalized spacial score (nSPS) is 10.8. The van der Waals surface area contributed by atoms with E-state index in [1.165, 1.54) is 0 Å². The lowest BCUT2D eigenvalue weighted by Crippen LogP contribution is -1.92. The van der Waals surface area contributed by atoms with Gasteiger partial charge in [0.1, 0.15) is 5.75 Å². The molecule has 0 bridgehead atoms. The lowest BCUT2D eigenvalue weighted by Gasteiger charge is -2.06. The Morgan fingerprint density at radius 2 is 2.29 bits per heavy atom. The second-order valence-electron chi connectivity index (χ2n) is 2.75. The molecule has 0 heterocycles.